The fraction of sp³-hybridized carbons (Fsp3) is 0.214. The maximum Gasteiger partial charge on any atom is 0.240 e. The van der Waals surface area contributed by atoms with Gasteiger partial charge in [-0.05, 0) is 42.8 Å². The molecule has 0 aliphatic heterocycles. The van der Waals surface area contributed by atoms with Crippen LogP contribution in [0.5, 0.6) is 0 Å². The summed E-state index contributed by atoms with van der Waals surface area (Å²) in [5.41, 5.74) is 0.580. The Morgan fingerprint density at radius 3 is 2.55 bits per heavy atom. The minimum Gasteiger partial charge on any atom is -0.325 e. The van der Waals surface area contributed by atoms with Gasteiger partial charge < -0.3 is 5.32 Å². The highest BCUT2D eigenvalue weighted by Gasteiger charge is 2.11. The molecule has 5 nitrogen and oxygen atoms in total. The lowest BCUT2D eigenvalue weighted by molar-refractivity contribution is -0.113. The Hall–Kier alpha value is -1.35. The van der Waals surface area contributed by atoms with E-state index in [-0.39, 0.29) is 10.8 Å². The van der Waals surface area contributed by atoms with E-state index in [0.29, 0.717) is 11.4 Å². The van der Waals surface area contributed by atoms with Crippen molar-refractivity contribution in [1.29, 1.82) is 0 Å². The van der Waals surface area contributed by atoms with Crippen LogP contribution < -0.4 is 10.0 Å². The zero-order valence-electron chi connectivity index (χ0n) is 11.9. The predicted octanol–water partition coefficient (Wildman–Crippen LogP) is 2.53. The molecule has 1 heterocycles. The summed E-state index contributed by atoms with van der Waals surface area (Å²) >= 11 is 3.21. The van der Waals surface area contributed by atoms with Crippen LogP contribution in [0.15, 0.2) is 46.7 Å². The first-order valence-corrected chi connectivity index (χ1v) is 9.96. The third kappa shape index (κ3) is 4.84. The zero-order valence-corrected chi connectivity index (χ0v) is 14.4. The molecular formula is C14H16N2O3S3. The molecule has 0 saturated heterocycles. The summed E-state index contributed by atoms with van der Waals surface area (Å²) < 4.78 is 25.4. The average molecular weight is 356 g/mol. The summed E-state index contributed by atoms with van der Waals surface area (Å²) in [7, 11) is -2.09. The van der Waals surface area contributed by atoms with E-state index < -0.39 is 10.0 Å². The predicted molar refractivity (Wildman–Crippen MR) is 91.8 cm³/mol. The molecule has 1 aromatic carbocycles. The second-order valence-electron chi connectivity index (χ2n) is 4.35. The minimum absolute atomic E-state index is 0.106. The van der Waals surface area contributed by atoms with Crippen LogP contribution in [0, 0.1) is 0 Å². The lowest BCUT2D eigenvalue weighted by Crippen LogP contribution is -2.18. The van der Waals surface area contributed by atoms with Crippen molar-refractivity contribution >= 4 is 44.7 Å². The molecule has 2 N–H and O–H groups in total. The molecule has 8 heteroatoms. The Bertz CT molecular complexity index is 710. The monoisotopic (exact) mass is 356 g/mol. The first kappa shape index (κ1) is 17.0. The molecule has 118 valence electrons. The Morgan fingerprint density at radius 2 is 1.95 bits per heavy atom. The van der Waals surface area contributed by atoms with E-state index in [1.807, 2.05) is 17.5 Å². The van der Waals surface area contributed by atoms with Gasteiger partial charge in [0.05, 0.1) is 10.6 Å². The summed E-state index contributed by atoms with van der Waals surface area (Å²) in [6.07, 6.45) is 0. The van der Waals surface area contributed by atoms with Crippen molar-refractivity contribution in [1.82, 2.24) is 4.72 Å². The topological polar surface area (TPSA) is 75.3 Å². The number of carbonyl (C=O) groups excluding carboxylic acids is 1. The van der Waals surface area contributed by atoms with Crippen LogP contribution >= 0.6 is 23.1 Å². The number of sulfonamides is 1. The zero-order chi connectivity index (χ0) is 16.0. The first-order valence-electron chi connectivity index (χ1n) is 6.45. The minimum atomic E-state index is -3.45. The number of anilines is 1. The third-order valence-electron chi connectivity index (χ3n) is 2.77. The summed E-state index contributed by atoms with van der Waals surface area (Å²) in [5.74, 6) is 1.06. The second kappa shape index (κ2) is 7.77. The van der Waals surface area contributed by atoms with E-state index >= 15 is 0 Å². The molecule has 0 aliphatic rings. The van der Waals surface area contributed by atoms with Crippen molar-refractivity contribution in [2.24, 2.45) is 0 Å². The maximum absolute atomic E-state index is 11.8. The fourth-order valence-electron chi connectivity index (χ4n) is 1.67. The molecule has 0 spiro atoms. The van der Waals surface area contributed by atoms with E-state index in [4.69, 9.17) is 0 Å². The Labute approximate surface area is 138 Å². The highest BCUT2D eigenvalue weighted by atomic mass is 32.2. The number of nitrogens with one attached hydrogen (secondary N) is 2. The fourth-order valence-corrected chi connectivity index (χ4v) is 4.07. The number of thioether (sulfide) groups is 1. The van der Waals surface area contributed by atoms with Crippen molar-refractivity contribution in [3.05, 3.63) is 46.7 Å². The van der Waals surface area contributed by atoms with Gasteiger partial charge in [-0.1, -0.05) is 6.07 Å². The normalized spacial score (nSPS) is 11.3. The second-order valence-corrected chi connectivity index (χ2v) is 8.26. The van der Waals surface area contributed by atoms with Gasteiger partial charge in [0, 0.05) is 16.3 Å². The van der Waals surface area contributed by atoms with E-state index in [1.54, 1.807) is 35.2 Å². The summed E-state index contributed by atoms with van der Waals surface area (Å²) in [6.45, 7) is 0. The van der Waals surface area contributed by atoms with Gasteiger partial charge in [0.15, 0.2) is 0 Å². The van der Waals surface area contributed by atoms with Crippen LogP contribution in [0.1, 0.15) is 4.88 Å². The molecule has 0 fully saturated rings. The van der Waals surface area contributed by atoms with Crippen LogP contribution in [-0.4, -0.2) is 27.1 Å². The lowest BCUT2D eigenvalue weighted by Gasteiger charge is -2.06. The van der Waals surface area contributed by atoms with E-state index in [1.165, 1.54) is 24.1 Å². The molecule has 2 aromatic rings. The highest BCUT2D eigenvalue weighted by molar-refractivity contribution is 7.99. The molecule has 0 radical (unpaired) electrons. The average Bonchev–Trinajstić information content (AvgIpc) is 3.01. The molecule has 1 aromatic heterocycles. The Balaban J connectivity index is 1.84. The molecule has 0 atom stereocenters. The van der Waals surface area contributed by atoms with Crippen molar-refractivity contribution in [3.63, 3.8) is 0 Å². The van der Waals surface area contributed by atoms with Crippen LogP contribution in [0.3, 0.4) is 0 Å². The molecule has 0 saturated carbocycles. The quantitative estimate of drug-likeness (QED) is 0.799. The van der Waals surface area contributed by atoms with Gasteiger partial charge in [-0.25, -0.2) is 13.1 Å². The number of carbonyl (C=O) groups is 1. The summed E-state index contributed by atoms with van der Waals surface area (Å²) in [4.78, 5) is 13.2. The van der Waals surface area contributed by atoms with Crippen molar-refractivity contribution in [2.75, 3.05) is 18.1 Å². The SMILES string of the molecule is CNS(=O)(=O)c1ccc(NC(=O)CSCc2cccs2)cc1. The molecular weight excluding hydrogens is 340 g/mol. The molecule has 1 amide bonds. The number of thiophene rings is 1. The smallest absolute Gasteiger partial charge is 0.240 e. The number of hydrogen-bond acceptors (Lipinski definition) is 5. The van der Waals surface area contributed by atoms with Crippen molar-refractivity contribution in [3.8, 4) is 0 Å². The van der Waals surface area contributed by atoms with Gasteiger partial charge in [-0.15, -0.1) is 23.1 Å². The van der Waals surface area contributed by atoms with Gasteiger partial charge in [-0.2, -0.15) is 0 Å². The van der Waals surface area contributed by atoms with Gasteiger partial charge in [0.1, 0.15) is 0 Å². The standard InChI is InChI=1S/C14H16N2O3S3/c1-15-22(18,19)13-6-4-11(5-7-13)16-14(17)10-20-9-12-3-2-8-21-12/h2-8,15H,9-10H2,1H3,(H,16,17). The number of rotatable bonds is 7. The Kier molecular flexibility index (Phi) is 6.01. The van der Waals surface area contributed by atoms with Crippen molar-refractivity contribution < 1.29 is 13.2 Å². The summed E-state index contributed by atoms with van der Waals surface area (Å²) in [6, 6.07) is 10.1. The molecule has 0 bridgehead atoms. The van der Waals surface area contributed by atoms with Crippen LogP contribution in [-0.2, 0) is 20.6 Å². The van der Waals surface area contributed by atoms with E-state index in [9.17, 15) is 13.2 Å². The summed E-state index contributed by atoms with van der Waals surface area (Å²) in [5, 5.41) is 4.76. The maximum atomic E-state index is 11.8. The third-order valence-corrected chi connectivity index (χ3v) is 6.25. The number of benzene rings is 1. The van der Waals surface area contributed by atoms with Gasteiger partial charge >= 0.3 is 0 Å². The van der Waals surface area contributed by atoms with Crippen molar-refractivity contribution in [2.45, 2.75) is 10.6 Å². The van der Waals surface area contributed by atoms with Gasteiger partial charge in [0.25, 0.3) is 0 Å². The van der Waals surface area contributed by atoms with E-state index in [2.05, 4.69) is 10.0 Å². The highest BCUT2D eigenvalue weighted by Crippen LogP contribution is 2.18. The molecule has 0 unspecified atom stereocenters. The Morgan fingerprint density at radius 1 is 1.23 bits per heavy atom. The van der Waals surface area contributed by atoms with Crippen LogP contribution in [0.2, 0.25) is 0 Å². The van der Waals surface area contributed by atoms with Crippen LogP contribution in [0.4, 0.5) is 5.69 Å². The molecule has 2 rings (SSSR count). The molecule has 22 heavy (non-hydrogen) atoms. The largest absolute Gasteiger partial charge is 0.325 e. The lowest BCUT2D eigenvalue weighted by atomic mass is 10.3. The molecule has 0 aliphatic carbocycles. The van der Waals surface area contributed by atoms with Gasteiger partial charge in [0.2, 0.25) is 15.9 Å². The first-order chi connectivity index (χ1) is 10.5. The van der Waals surface area contributed by atoms with Crippen LogP contribution in [0.25, 0.3) is 0 Å². The number of hydrogen-bond donors (Lipinski definition) is 2. The van der Waals surface area contributed by atoms with E-state index in [0.717, 1.165) is 5.75 Å². The van der Waals surface area contributed by atoms with Gasteiger partial charge in [-0.3, -0.25) is 4.79 Å². The number of amides is 1.